The number of nitrogens with two attached hydrogens (primary N) is 1. The van der Waals surface area contributed by atoms with Crippen LogP contribution in [0.3, 0.4) is 0 Å². The SMILES string of the molecule is CC(CO)NS(=O)(=O)c1c(Cl)cc(N)cc1Cl. The average Bonchev–Trinajstić information content (AvgIpc) is 2.14. The maximum Gasteiger partial charge on any atom is 0.243 e. The van der Waals surface area contributed by atoms with Crippen LogP contribution in [0.25, 0.3) is 0 Å². The maximum atomic E-state index is 11.9. The Hall–Kier alpha value is -0.530. The smallest absolute Gasteiger partial charge is 0.243 e. The topological polar surface area (TPSA) is 92.4 Å². The van der Waals surface area contributed by atoms with Crippen molar-refractivity contribution in [2.75, 3.05) is 12.3 Å². The van der Waals surface area contributed by atoms with Crippen molar-refractivity contribution in [1.29, 1.82) is 0 Å². The maximum absolute atomic E-state index is 11.9. The zero-order chi connectivity index (χ0) is 13.2. The molecule has 0 aliphatic rings. The first kappa shape index (κ1) is 14.5. The number of hydrogen-bond acceptors (Lipinski definition) is 4. The van der Waals surface area contributed by atoms with Gasteiger partial charge in [-0.15, -0.1) is 0 Å². The molecular weight excluding hydrogens is 287 g/mol. The summed E-state index contributed by atoms with van der Waals surface area (Å²) in [5.41, 5.74) is 5.75. The lowest BCUT2D eigenvalue weighted by Gasteiger charge is -2.14. The fourth-order valence-electron chi connectivity index (χ4n) is 1.20. The van der Waals surface area contributed by atoms with Gasteiger partial charge in [0.15, 0.2) is 0 Å². The van der Waals surface area contributed by atoms with Crippen LogP contribution in [0.2, 0.25) is 10.0 Å². The van der Waals surface area contributed by atoms with E-state index in [4.69, 9.17) is 34.0 Å². The number of rotatable bonds is 4. The number of aliphatic hydroxyl groups excluding tert-OH is 1. The van der Waals surface area contributed by atoms with Crippen LogP contribution in [-0.2, 0) is 10.0 Å². The van der Waals surface area contributed by atoms with Crippen molar-refractivity contribution in [2.45, 2.75) is 17.9 Å². The second-order valence-electron chi connectivity index (χ2n) is 3.52. The second kappa shape index (κ2) is 5.41. The van der Waals surface area contributed by atoms with Crippen molar-refractivity contribution in [3.8, 4) is 0 Å². The van der Waals surface area contributed by atoms with Gasteiger partial charge in [-0.1, -0.05) is 23.2 Å². The molecule has 0 heterocycles. The normalized spacial score (nSPS) is 13.6. The lowest BCUT2D eigenvalue weighted by atomic mass is 10.3. The molecule has 0 aliphatic heterocycles. The van der Waals surface area contributed by atoms with Crippen LogP contribution >= 0.6 is 23.2 Å². The standard InChI is InChI=1S/C9H12Cl2N2O3S/c1-5(4-14)13-17(15,16)9-7(10)2-6(12)3-8(9)11/h2-3,5,13-14H,4,12H2,1H3. The van der Waals surface area contributed by atoms with E-state index in [1.807, 2.05) is 0 Å². The molecule has 0 aromatic heterocycles. The number of nitrogen functional groups attached to an aromatic ring is 1. The highest BCUT2D eigenvalue weighted by Gasteiger charge is 2.23. The molecule has 1 atom stereocenters. The highest BCUT2D eigenvalue weighted by molar-refractivity contribution is 7.89. The minimum atomic E-state index is -3.88. The largest absolute Gasteiger partial charge is 0.399 e. The van der Waals surface area contributed by atoms with Crippen molar-refractivity contribution in [3.63, 3.8) is 0 Å². The van der Waals surface area contributed by atoms with E-state index in [0.717, 1.165) is 0 Å². The number of anilines is 1. The third kappa shape index (κ3) is 3.46. The Morgan fingerprint density at radius 3 is 2.29 bits per heavy atom. The summed E-state index contributed by atoms with van der Waals surface area (Å²) in [5.74, 6) is 0. The van der Waals surface area contributed by atoms with Crippen LogP contribution in [0, 0.1) is 0 Å². The average molecular weight is 299 g/mol. The lowest BCUT2D eigenvalue weighted by molar-refractivity contribution is 0.265. The highest BCUT2D eigenvalue weighted by Crippen LogP contribution is 2.31. The van der Waals surface area contributed by atoms with Crippen LogP contribution in [0.15, 0.2) is 17.0 Å². The first-order valence-corrected chi connectivity index (χ1v) is 6.89. The first-order chi connectivity index (χ1) is 7.77. The van der Waals surface area contributed by atoms with Gasteiger partial charge in [-0.25, -0.2) is 13.1 Å². The van der Waals surface area contributed by atoms with Crippen molar-refractivity contribution in [3.05, 3.63) is 22.2 Å². The van der Waals surface area contributed by atoms with Gasteiger partial charge >= 0.3 is 0 Å². The van der Waals surface area contributed by atoms with Gasteiger partial charge in [0.05, 0.1) is 16.7 Å². The molecule has 5 nitrogen and oxygen atoms in total. The fraction of sp³-hybridized carbons (Fsp3) is 0.333. The van der Waals surface area contributed by atoms with Crippen molar-refractivity contribution >= 4 is 38.9 Å². The molecule has 17 heavy (non-hydrogen) atoms. The highest BCUT2D eigenvalue weighted by atomic mass is 35.5. The van der Waals surface area contributed by atoms with Gasteiger partial charge in [-0.05, 0) is 19.1 Å². The van der Waals surface area contributed by atoms with Crippen molar-refractivity contribution in [2.24, 2.45) is 0 Å². The number of halogens is 2. The Kier molecular flexibility index (Phi) is 4.62. The molecule has 0 saturated heterocycles. The van der Waals surface area contributed by atoms with Crippen molar-refractivity contribution in [1.82, 2.24) is 4.72 Å². The minimum Gasteiger partial charge on any atom is -0.399 e. The summed E-state index contributed by atoms with van der Waals surface area (Å²) in [6, 6.07) is 1.96. The van der Waals surface area contributed by atoms with E-state index in [1.54, 1.807) is 0 Å². The molecule has 0 radical (unpaired) electrons. The number of hydrogen-bond donors (Lipinski definition) is 3. The quantitative estimate of drug-likeness (QED) is 0.729. The Morgan fingerprint density at radius 1 is 1.41 bits per heavy atom. The van der Waals surface area contributed by atoms with E-state index in [0.29, 0.717) is 0 Å². The van der Waals surface area contributed by atoms with Crippen LogP contribution < -0.4 is 10.5 Å². The molecule has 0 aliphatic carbocycles. The van der Waals surface area contributed by atoms with Crippen LogP contribution in [0.1, 0.15) is 6.92 Å². The predicted molar refractivity (Wildman–Crippen MR) is 67.7 cm³/mol. The van der Waals surface area contributed by atoms with Crippen LogP contribution in [0.4, 0.5) is 5.69 Å². The van der Waals surface area contributed by atoms with E-state index in [9.17, 15) is 8.42 Å². The molecular formula is C9H12Cl2N2O3S. The molecule has 4 N–H and O–H groups in total. The van der Waals surface area contributed by atoms with E-state index in [2.05, 4.69) is 4.72 Å². The van der Waals surface area contributed by atoms with Gasteiger partial charge in [-0.2, -0.15) is 0 Å². The Bertz CT molecular complexity index is 496. The third-order valence-corrected chi connectivity index (χ3v) is 4.43. The van der Waals surface area contributed by atoms with Gasteiger partial charge in [0.2, 0.25) is 10.0 Å². The molecule has 96 valence electrons. The van der Waals surface area contributed by atoms with E-state index in [-0.39, 0.29) is 27.2 Å². The molecule has 0 fully saturated rings. The van der Waals surface area contributed by atoms with Crippen LogP contribution in [0.5, 0.6) is 0 Å². The molecule has 1 aromatic carbocycles. The zero-order valence-corrected chi connectivity index (χ0v) is 11.3. The molecule has 1 rings (SSSR count). The molecule has 0 bridgehead atoms. The Morgan fingerprint density at radius 2 is 1.88 bits per heavy atom. The summed E-state index contributed by atoms with van der Waals surface area (Å²) in [7, 11) is -3.88. The summed E-state index contributed by atoms with van der Waals surface area (Å²) in [6.45, 7) is 1.18. The molecule has 8 heteroatoms. The summed E-state index contributed by atoms with van der Waals surface area (Å²) in [5, 5.41) is 8.69. The van der Waals surface area contributed by atoms with Gasteiger partial charge in [0.25, 0.3) is 0 Å². The molecule has 1 unspecified atom stereocenters. The van der Waals surface area contributed by atoms with E-state index >= 15 is 0 Å². The van der Waals surface area contributed by atoms with Gasteiger partial charge in [-0.3, -0.25) is 0 Å². The zero-order valence-electron chi connectivity index (χ0n) is 8.94. The Labute approximate surface area is 110 Å². The summed E-state index contributed by atoms with van der Waals surface area (Å²) in [4.78, 5) is -0.240. The van der Waals surface area contributed by atoms with Gasteiger partial charge in [0, 0.05) is 11.7 Å². The first-order valence-electron chi connectivity index (χ1n) is 4.65. The summed E-state index contributed by atoms with van der Waals surface area (Å²) < 4.78 is 26.1. The number of nitrogens with one attached hydrogen (secondary N) is 1. The summed E-state index contributed by atoms with van der Waals surface area (Å²) >= 11 is 11.6. The van der Waals surface area contributed by atoms with Gasteiger partial charge in [0.1, 0.15) is 4.90 Å². The van der Waals surface area contributed by atoms with Gasteiger partial charge < -0.3 is 10.8 Å². The van der Waals surface area contributed by atoms with E-state index in [1.165, 1.54) is 19.1 Å². The number of benzene rings is 1. The van der Waals surface area contributed by atoms with E-state index < -0.39 is 16.1 Å². The molecule has 1 aromatic rings. The second-order valence-corrected chi connectivity index (χ2v) is 5.98. The monoisotopic (exact) mass is 298 g/mol. The number of aliphatic hydroxyl groups is 1. The van der Waals surface area contributed by atoms with Crippen molar-refractivity contribution < 1.29 is 13.5 Å². The lowest BCUT2D eigenvalue weighted by Crippen LogP contribution is -2.35. The Balaban J connectivity index is 3.25. The fourth-order valence-corrected chi connectivity index (χ4v) is 3.66. The molecule has 0 spiro atoms. The minimum absolute atomic E-state index is 0.0624. The molecule has 0 saturated carbocycles. The number of sulfonamides is 1. The summed E-state index contributed by atoms with van der Waals surface area (Å²) in [6.07, 6.45) is 0. The van der Waals surface area contributed by atoms with Crippen LogP contribution in [-0.4, -0.2) is 26.2 Å². The molecule has 0 amide bonds. The third-order valence-electron chi connectivity index (χ3n) is 1.92. The predicted octanol–water partition coefficient (Wildman–Crippen LogP) is 1.23.